The first-order chi connectivity index (χ1) is 16.1. The molecule has 0 atom stereocenters. The zero-order chi connectivity index (χ0) is 22.9. The molecule has 0 radical (unpaired) electrons. The van der Waals surface area contributed by atoms with Crippen LogP contribution in [-0.2, 0) is 11.4 Å². The molecule has 0 aliphatic rings. The molecule has 0 fully saturated rings. The van der Waals surface area contributed by atoms with Crippen molar-refractivity contribution in [2.24, 2.45) is 10.2 Å². The molecule has 4 aromatic rings. The van der Waals surface area contributed by atoms with Gasteiger partial charge in [0.1, 0.15) is 12.4 Å². The normalized spacial score (nSPS) is 10.9. The average Bonchev–Trinajstić information content (AvgIpc) is 3.31. The molecule has 33 heavy (non-hydrogen) atoms. The summed E-state index contributed by atoms with van der Waals surface area (Å²) >= 11 is 1.25. The Balaban J connectivity index is 1.21. The first-order valence-corrected chi connectivity index (χ1v) is 11.2. The number of nitrogens with zero attached hydrogens (tertiary/aromatic N) is 4. The van der Waals surface area contributed by atoms with Crippen LogP contribution in [0.25, 0.3) is 0 Å². The van der Waals surface area contributed by atoms with Crippen molar-refractivity contribution in [3.8, 4) is 5.75 Å². The van der Waals surface area contributed by atoms with Crippen molar-refractivity contribution >= 4 is 34.7 Å². The number of thioether (sulfide) groups is 1. The number of hydrogen-bond acceptors (Lipinski definition) is 7. The van der Waals surface area contributed by atoms with Crippen LogP contribution in [0.1, 0.15) is 11.4 Å². The van der Waals surface area contributed by atoms with Gasteiger partial charge in [0.2, 0.25) is 11.1 Å². The van der Waals surface area contributed by atoms with Crippen molar-refractivity contribution in [3.05, 3.63) is 90.3 Å². The summed E-state index contributed by atoms with van der Waals surface area (Å²) in [7, 11) is 0. The lowest BCUT2D eigenvalue weighted by atomic mass is 10.2. The van der Waals surface area contributed by atoms with E-state index in [1.165, 1.54) is 17.3 Å². The van der Waals surface area contributed by atoms with E-state index in [4.69, 9.17) is 4.74 Å². The molecule has 1 heterocycles. The van der Waals surface area contributed by atoms with Gasteiger partial charge in [-0.05, 0) is 55.5 Å². The standard InChI is InChI=1S/C24H22N6O2S/c1-17-7-13-21(14-8-17)32-15-22-26-24(30-29-22)33-16-23(31)25-18-9-11-20(12-10-18)28-27-19-5-3-2-4-6-19/h2-14H,15-16H2,1H3,(H,25,31)(H,26,29,30). The van der Waals surface area contributed by atoms with Crippen LogP contribution in [0.4, 0.5) is 17.1 Å². The highest BCUT2D eigenvalue weighted by Crippen LogP contribution is 2.21. The fourth-order valence-electron chi connectivity index (χ4n) is 2.74. The van der Waals surface area contributed by atoms with Gasteiger partial charge in [-0.1, -0.05) is 47.7 Å². The smallest absolute Gasteiger partial charge is 0.234 e. The number of aromatic amines is 1. The number of H-pyrrole nitrogens is 1. The Kier molecular flexibility index (Phi) is 7.44. The molecule has 1 aromatic heterocycles. The Labute approximate surface area is 195 Å². The number of azo groups is 1. The second-order valence-electron chi connectivity index (χ2n) is 7.09. The number of rotatable bonds is 9. The number of hydrogen-bond donors (Lipinski definition) is 2. The number of aromatic nitrogens is 3. The highest BCUT2D eigenvalue weighted by Gasteiger charge is 2.09. The summed E-state index contributed by atoms with van der Waals surface area (Å²) in [5.74, 6) is 1.39. The average molecular weight is 459 g/mol. The third-order valence-corrected chi connectivity index (χ3v) is 5.28. The van der Waals surface area contributed by atoms with E-state index < -0.39 is 0 Å². The summed E-state index contributed by atoms with van der Waals surface area (Å²) in [5.41, 5.74) is 3.33. The maximum atomic E-state index is 12.3. The Bertz CT molecular complexity index is 1210. The minimum atomic E-state index is -0.152. The van der Waals surface area contributed by atoms with Crippen molar-refractivity contribution < 1.29 is 9.53 Å². The Hall–Kier alpha value is -3.98. The van der Waals surface area contributed by atoms with Crippen LogP contribution in [0, 0.1) is 6.92 Å². The Morgan fingerprint density at radius 1 is 0.970 bits per heavy atom. The molecule has 4 rings (SSSR count). The third kappa shape index (κ3) is 7.01. The molecule has 0 saturated carbocycles. The Morgan fingerprint density at radius 2 is 1.67 bits per heavy atom. The van der Waals surface area contributed by atoms with Crippen LogP contribution in [0.15, 0.2) is 94.2 Å². The molecule has 2 N–H and O–H groups in total. The van der Waals surface area contributed by atoms with E-state index in [9.17, 15) is 4.79 Å². The highest BCUT2D eigenvalue weighted by molar-refractivity contribution is 7.99. The minimum Gasteiger partial charge on any atom is -0.486 e. The molecule has 0 bridgehead atoms. The minimum absolute atomic E-state index is 0.152. The first kappa shape index (κ1) is 22.2. The van der Waals surface area contributed by atoms with Gasteiger partial charge < -0.3 is 10.1 Å². The van der Waals surface area contributed by atoms with E-state index in [1.807, 2.05) is 61.5 Å². The largest absolute Gasteiger partial charge is 0.486 e. The zero-order valence-corrected chi connectivity index (χ0v) is 18.7. The molecule has 1 amide bonds. The predicted octanol–water partition coefficient (Wildman–Crippen LogP) is 5.84. The van der Waals surface area contributed by atoms with Crippen molar-refractivity contribution in [2.45, 2.75) is 18.7 Å². The summed E-state index contributed by atoms with van der Waals surface area (Å²) in [6, 6.07) is 24.4. The van der Waals surface area contributed by atoms with Gasteiger partial charge in [0.25, 0.3) is 0 Å². The fourth-order valence-corrected chi connectivity index (χ4v) is 3.36. The number of carbonyl (C=O) groups is 1. The van der Waals surface area contributed by atoms with E-state index in [0.717, 1.165) is 11.4 Å². The van der Waals surface area contributed by atoms with Crippen molar-refractivity contribution in [1.29, 1.82) is 0 Å². The van der Waals surface area contributed by atoms with E-state index in [0.29, 0.717) is 22.4 Å². The topological polar surface area (TPSA) is 105 Å². The second kappa shape index (κ2) is 11.1. The van der Waals surface area contributed by atoms with Gasteiger partial charge in [0.05, 0.1) is 17.1 Å². The molecular formula is C24H22N6O2S. The predicted molar refractivity (Wildman–Crippen MR) is 128 cm³/mol. The SMILES string of the molecule is Cc1ccc(OCc2nc(SCC(=O)Nc3ccc(N=Nc4ccccc4)cc3)n[nH]2)cc1. The molecule has 0 aliphatic heterocycles. The summed E-state index contributed by atoms with van der Waals surface area (Å²) in [6.07, 6.45) is 0. The van der Waals surface area contributed by atoms with Gasteiger partial charge in [0, 0.05) is 5.69 Å². The maximum absolute atomic E-state index is 12.3. The Morgan fingerprint density at radius 3 is 2.39 bits per heavy atom. The zero-order valence-electron chi connectivity index (χ0n) is 17.9. The third-order valence-electron chi connectivity index (χ3n) is 4.43. The molecular weight excluding hydrogens is 436 g/mol. The van der Waals surface area contributed by atoms with E-state index in [-0.39, 0.29) is 18.3 Å². The van der Waals surface area contributed by atoms with Crippen molar-refractivity contribution in [2.75, 3.05) is 11.1 Å². The molecule has 0 unspecified atom stereocenters. The van der Waals surface area contributed by atoms with Gasteiger partial charge in [-0.25, -0.2) is 4.98 Å². The highest BCUT2D eigenvalue weighted by atomic mass is 32.2. The summed E-state index contributed by atoms with van der Waals surface area (Å²) in [5, 5.41) is 18.7. The number of nitrogens with one attached hydrogen (secondary N) is 2. The molecule has 166 valence electrons. The number of ether oxygens (including phenoxy) is 1. The molecule has 8 nitrogen and oxygen atoms in total. The molecule has 9 heteroatoms. The first-order valence-electron chi connectivity index (χ1n) is 10.2. The van der Waals surface area contributed by atoms with Crippen LogP contribution in [-0.4, -0.2) is 26.8 Å². The number of carbonyl (C=O) groups excluding carboxylic acids is 1. The van der Waals surface area contributed by atoms with Crippen LogP contribution < -0.4 is 10.1 Å². The molecule has 0 spiro atoms. The lowest BCUT2D eigenvalue weighted by Gasteiger charge is -2.04. The summed E-state index contributed by atoms with van der Waals surface area (Å²) < 4.78 is 5.68. The van der Waals surface area contributed by atoms with Gasteiger partial charge in [0.15, 0.2) is 5.82 Å². The van der Waals surface area contributed by atoms with Gasteiger partial charge in [-0.3, -0.25) is 9.89 Å². The lowest BCUT2D eigenvalue weighted by molar-refractivity contribution is -0.113. The van der Waals surface area contributed by atoms with Gasteiger partial charge in [-0.15, -0.1) is 5.10 Å². The number of anilines is 1. The number of benzene rings is 3. The van der Waals surface area contributed by atoms with E-state index in [1.54, 1.807) is 24.3 Å². The van der Waals surface area contributed by atoms with Gasteiger partial charge in [-0.2, -0.15) is 10.2 Å². The summed E-state index contributed by atoms with van der Waals surface area (Å²) in [6.45, 7) is 2.30. The van der Waals surface area contributed by atoms with Crippen LogP contribution in [0.2, 0.25) is 0 Å². The maximum Gasteiger partial charge on any atom is 0.234 e. The van der Waals surface area contributed by atoms with E-state index in [2.05, 4.69) is 30.7 Å². The molecule has 0 aliphatic carbocycles. The van der Waals surface area contributed by atoms with E-state index >= 15 is 0 Å². The van der Waals surface area contributed by atoms with Crippen LogP contribution in [0.5, 0.6) is 5.75 Å². The van der Waals surface area contributed by atoms with Crippen LogP contribution >= 0.6 is 11.8 Å². The molecule has 3 aromatic carbocycles. The van der Waals surface area contributed by atoms with Crippen LogP contribution in [0.3, 0.4) is 0 Å². The monoisotopic (exact) mass is 458 g/mol. The fraction of sp³-hybridized carbons (Fsp3) is 0.125. The van der Waals surface area contributed by atoms with Crippen molar-refractivity contribution in [3.63, 3.8) is 0 Å². The molecule has 0 saturated heterocycles. The summed E-state index contributed by atoms with van der Waals surface area (Å²) in [4.78, 5) is 16.6. The lowest BCUT2D eigenvalue weighted by Crippen LogP contribution is -2.13. The number of aryl methyl sites for hydroxylation is 1. The van der Waals surface area contributed by atoms with Crippen molar-refractivity contribution in [1.82, 2.24) is 15.2 Å². The quantitative estimate of drug-likeness (QED) is 0.242. The second-order valence-corrected chi connectivity index (χ2v) is 8.03. The van der Waals surface area contributed by atoms with Gasteiger partial charge >= 0.3 is 0 Å². The number of amides is 1.